The second-order valence-electron chi connectivity index (χ2n) is 7.80. The number of fused-ring (bicyclic) bond motifs is 1. The molecule has 176 valence electrons. The molecule has 2 amide bonds. The van der Waals surface area contributed by atoms with Gasteiger partial charge in [-0.3, -0.25) is 14.5 Å². The van der Waals surface area contributed by atoms with E-state index in [4.69, 9.17) is 0 Å². The van der Waals surface area contributed by atoms with Gasteiger partial charge in [0.2, 0.25) is 12.2 Å². The fraction of sp³-hybridized carbons (Fsp3) is 0.167. The van der Waals surface area contributed by atoms with Crippen LogP contribution in [0.1, 0.15) is 40.3 Å². The summed E-state index contributed by atoms with van der Waals surface area (Å²) in [6.07, 6.45) is -2.15. The molecule has 1 N–H and O–H groups in total. The zero-order chi connectivity index (χ0) is 24.8. The molecule has 2 unspecified atom stereocenters. The van der Waals surface area contributed by atoms with Crippen LogP contribution in [0.2, 0.25) is 0 Å². The molecule has 34 heavy (non-hydrogen) atoms. The molecule has 3 aromatic rings. The molecule has 4 rings (SSSR count). The van der Waals surface area contributed by atoms with Crippen molar-refractivity contribution in [3.63, 3.8) is 0 Å². The Kier molecular flexibility index (Phi) is 6.36. The zero-order valence-electron chi connectivity index (χ0n) is 17.5. The van der Waals surface area contributed by atoms with E-state index in [-0.39, 0.29) is 16.8 Å². The Morgan fingerprint density at radius 2 is 1.68 bits per heavy atom. The molecule has 10 heteroatoms. The van der Waals surface area contributed by atoms with E-state index in [9.17, 15) is 27.2 Å². The number of carbonyl (C=O) groups is 2. The van der Waals surface area contributed by atoms with Gasteiger partial charge in [0.15, 0.2) is 0 Å². The van der Waals surface area contributed by atoms with Gasteiger partial charge >= 0.3 is 0 Å². The average molecular weight is 586 g/mol. The van der Waals surface area contributed by atoms with Crippen molar-refractivity contribution in [2.24, 2.45) is 0 Å². The minimum absolute atomic E-state index is 0.0192. The van der Waals surface area contributed by atoms with Crippen LogP contribution in [0.4, 0.5) is 27.6 Å². The first-order valence-corrected chi connectivity index (χ1v) is 11.1. The maximum atomic E-state index is 15.4. The molecule has 0 saturated carbocycles. The average Bonchev–Trinajstić information content (AvgIpc) is 2.97. The molecule has 0 fully saturated rings. The van der Waals surface area contributed by atoms with E-state index >= 15 is 4.39 Å². The highest BCUT2D eigenvalue weighted by Crippen LogP contribution is 2.50. The summed E-state index contributed by atoms with van der Waals surface area (Å²) in [7, 11) is 0. The molecule has 0 bridgehead atoms. The fourth-order valence-electron chi connectivity index (χ4n) is 3.76. The molecule has 1 heterocycles. The Labute approximate surface area is 204 Å². The van der Waals surface area contributed by atoms with Gasteiger partial charge in [-0.05, 0) is 25.1 Å². The van der Waals surface area contributed by atoms with E-state index in [2.05, 4.69) is 5.32 Å². The van der Waals surface area contributed by atoms with E-state index in [1.54, 1.807) is 6.92 Å². The summed E-state index contributed by atoms with van der Waals surface area (Å²) in [5.74, 6) is -5.63. The topological polar surface area (TPSA) is 49.4 Å². The predicted octanol–water partition coefficient (Wildman–Crippen LogP) is 5.84. The number of nitrogens with one attached hydrogen (secondary N) is 1. The number of alkyl halides is 2. The molecule has 0 spiro atoms. The third kappa shape index (κ3) is 4.15. The normalized spacial score (nSPS) is 18.1. The van der Waals surface area contributed by atoms with Crippen LogP contribution in [0.25, 0.3) is 0 Å². The molecule has 2 atom stereocenters. The number of anilines is 1. The summed E-state index contributed by atoms with van der Waals surface area (Å²) < 4.78 is 69.3. The molecule has 3 aromatic carbocycles. The van der Waals surface area contributed by atoms with Crippen molar-refractivity contribution < 1.29 is 31.5 Å². The number of hydrogen-bond donors (Lipinski definition) is 1. The molecular formula is C24H16F5IN2O2. The van der Waals surface area contributed by atoms with Gasteiger partial charge in [0, 0.05) is 40.9 Å². The molecule has 0 aliphatic carbocycles. The van der Waals surface area contributed by atoms with Crippen molar-refractivity contribution in [1.29, 1.82) is 0 Å². The van der Waals surface area contributed by atoms with Crippen molar-refractivity contribution in [2.45, 2.75) is 23.2 Å². The van der Waals surface area contributed by atoms with Crippen LogP contribution in [0.5, 0.6) is 0 Å². The van der Waals surface area contributed by atoms with Crippen LogP contribution < -0.4 is 10.2 Å². The predicted molar refractivity (Wildman–Crippen MR) is 123 cm³/mol. The fourth-order valence-corrected chi connectivity index (χ4v) is 4.48. The van der Waals surface area contributed by atoms with Crippen LogP contribution >= 0.6 is 22.6 Å². The summed E-state index contributed by atoms with van der Waals surface area (Å²) in [6, 6.07) is 10.2. The summed E-state index contributed by atoms with van der Waals surface area (Å²) in [6.45, 7) is 1.00. The lowest BCUT2D eigenvalue weighted by Crippen LogP contribution is -2.36. The van der Waals surface area contributed by atoms with Gasteiger partial charge in [-0.1, -0.05) is 46.9 Å². The van der Waals surface area contributed by atoms with Crippen molar-refractivity contribution in [1.82, 2.24) is 5.32 Å². The van der Waals surface area contributed by atoms with Crippen molar-refractivity contribution in [3.8, 4) is 0 Å². The highest BCUT2D eigenvalue weighted by Gasteiger charge is 2.49. The summed E-state index contributed by atoms with van der Waals surface area (Å²) >= 11 is 1.86. The first kappa shape index (κ1) is 24.1. The third-order valence-electron chi connectivity index (χ3n) is 5.57. The quantitative estimate of drug-likeness (QED) is 0.177. The molecule has 0 aromatic heterocycles. The zero-order valence-corrected chi connectivity index (χ0v) is 19.7. The highest BCUT2D eigenvalue weighted by atomic mass is 127. The Hall–Kier alpha value is -3.02. The number of rotatable bonds is 5. The van der Waals surface area contributed by atoms with Crippen LogP contribution in [-0.2, 0) is 14.8 Å². The van der Waals surface area contributed by atoms with Crippen LogP contribution in [-0.4, -0.2) is 11.8 Å². The van der Waals surface area contributed by atoms with Crippen molar-refractivity contribution >= 4 is 40.1 Å². The number of halogens is 6. The van der Waals surface area contributed by atoms with Gasteiger partial charge in [-0.25, -0.2) is 22.0 Å². The van der Waals surface area contributed by atoms with Crippen molar-refractivity contribution in [2.75, 3.05) is 4.90 Å². The van der Waals surface area contributed by atoms with Crippen LogP contribution in [0, 0.1) is 23.3 Å². The minimum Gasteiger partial charge on any atom is -0.348 e. The lowest BCUT2D eigenvalue weighted by atomic mass is 10.0. The standard InChI is InChI=1S/C24H16F5IN2O2/c1-24(30)16-7-6-12(22(33)31-11-15-18(27)9-13(25)10-19(15)28)8-20(16)32(23(24)34)21(29)14-4-2-3-5-17(14)26/h2-10,21H,11H2,1H3,(H,31,33). The molecule has 4 nitrogen and oxygen atoms in total. The first-order chi connectivity index (χ1) is 16.0. The van der Waals surface area contributed by atoms with Gasteiger partial charge in [0.05, 0.1) is 5.69 Å². The second-order valence-corrected chi connectivity index (χ2v) is 9.96. The third-order valence-corrected chi connectivity index (χ3v) is 6.61. The summed E-state index contributed by atoms with van der Waals surface area (Å²) in [5, 5.41) is 2.32. The first-order valence-electron chi connectivity index (χ1n) is 9.99. The number of hydrogen-bond acceptors (Lipinski definition) is 2. The molecule has 0 radical (unpaired) electrons. The lowest BCUT2D eigenvalue weighted by molar-refractivity contribution is -0.120. The smallest absolute Gasteiger partial charge is 0.251 e. The van der Waals surface area contributed by atoms with Gasteiger partial charge < -0.3 is 5.32 Å². The van der Waals surface area contributed by atoms with Crippen LogP contribution in [0.15, 0.2) is 54.6 Å². The van der Waals surface area contributed by atoms with Gasteiger partial charge in [0.1, 0.15) is 26.7 Å². The second kappa shape index (κ2) is 8.97. The Morgan fingerprint density at radius 3 is 2.32 bits per heavy atom. The number of amides is 2. The molecule has 0 saturated heterocycles. The number of carbonyl (C=O) groups excluding carboxylic acids is 2. The molecular weight excluding hydrogens is 570 g/mol. The Morgan fingerprint density at radius 1 is 1.03 bits per heavy atom. The number of benzene rings is 3. The van der Waals surface area contributed by atoms with E-state index in [1.165, 1.54) is 36.4 Å². The van der Waals surface area contributed by atoms with E-state index < -0.39 is 56.9 Å². The van der Waals surface area contributed by atoms with Crippen molar-refractivity contribution in [3.05, 3.63) is 100 Å². The molecule has 1 aliphatic rings. The van der Waals surface area contributed by atoms with E-state index in [0.717, 1.165) is 11.0 Å². The van der Waals surface area contributed by atoms with Gasteiger partial charge in [-0.2, -0.15) is 0 Å². The number of nitrogens with zero attached hydrogens (tertiary/aromatic N) is 1. The summed E-state index contributed by atoms with van der Waals surface area (Å²) in [4.78, 5) is 26.5. The maximum absolute atomic E-state index is 15.4. The summed E-state index contributed by atoms with van der Waals surface area (Å²) in [5.41, 5.74) is -0.396. The largest absolute Gasteiger partial charge is 0.348 e. The van der Waals surface area contributed by atoms with E-state index in [1.807, 2.05) is 22.6 Å². The van der Waals surface area contributed by atoms with Gasteiger partial charge in [-0.15, -0.1) is 0 Å². The Balaban J connectivity index is 1.65. The van der Waals surface area contributed by atoms with Crippen LogP contribution in [0.3, 0.4) is 0 Å². The SMILES string of the molecule is CC1(I)C(=O)N(C(F)c2ccccc2F)c2cc(C(=O)NCc3c(F)cc(F)cc3F)ccc21. The highest BCUT2D eigenvalue weighted by molar-refractivity contribution is 14.1. The Bertz CT molecular complexity index is 1290. The monoisotopic (exact) mass is 586 g/mol. The minimum atomic E-state index is -2.15. The maximum Gasteiger partial charge on any atom is 0.251 e. The van der Waals surface area contributed by atoms with Gasteiger partial charge in [0.25, 0.3) is 5.91 Å². The molecule has 1 aliphatic heterocycles. The van der Waals surface area contributed by atoms with E-state index in [0.29, 0.717) is 17.7 Å². The lowest BCUT2D eigenvalue weighted by Gasteiger charge is -2.24.